The van der Waals surface area contributed by atoms with E-state index < -0.39 is 14.4 Å². The second-order valence-electron chi connectivity index (χ2n) is 10.4. The average molecular weight is 443 g/mol. The number of likely N-dealkylation sites (tertiary alicyclic amines) is 2. The monoisotopic (exact) mass is 442 g/mol. The molecule has 2 rings (SSSR count). The van der Waals surface area contributed by atoms with Crippen molar-refractivity contribution in [2.45, 2.75) is 77.6 Å². The molecule has 1 amide bonds. The fourth-order valence-corrected chi connectivity index (χ4v) is 5.45. The van der Waals surface area contributed by atoms with Crippen LogP contribution in [0, 0.1) is 11.8 Å². The molecule has 3 atom stereocenters. The molecule has 2 aliphatic rings. The predicted octanol–water partition coefficient (Wildman–Crippen LogP) is 4.04. The van der Waals surface area contributed by atoms with Gasteiger partial charge in [-0.05, 0) is 56.8 Å². The number of piperidine rings is 2. The summed E-state index contributed by atoms with van der Waals surface area (Å²) in [6.07, 6.45) is 2.57. The molecule has 0 radical (unpaired) electrons. The smallest absolute Gasteiger partial charge is 0.407 e. The number of rotatable bonds is 7. The van der Waals surface area contributed by atoms with E-state index in [2.05, 4.69) is 38.8 Å². The van der Waals surface area contributed by atoms with Crippen molar-refractivity contribution in [1.29, 1.82) is 0 Å². The number of carbonyl (C=O) groups excluding carboxylic acids is 1. The van der Waals surface area contributed by atoms with Crippen LogP contribution in [0.5, 0.6) is 0 Å². The van der Waals surface area contributed by atoms with Gasteiger partial charge in [0.1, 0.15) is 0 Å². The Bertz CT molecular complexity index is 593. The number of esters is 1. The minimum absolute atomic E-state index is 0.108. The number of hydrogen-bond acceptors (Lipinski definition) is 5. The standard InChI is InChI=1S/C22H42N2O5Si/c1-7-28-20(25)13-17-9-8-11-23(14-17)19-10-12-24(21(26)27)15-18(19)16-29-30(5,6)22(2,3)4/h17-19H,7-16H2,1-6H3,(H,26,27)/t17-,18?,19?/m0/s1. The molecule has 30 heavy (non-hydrogen) atoms. The lowest BCUT2D eigenvalue weighted by Crippen LogP contribution is -2.56. The Labute approximate surface area is 183 Å². The van der Waals surface area contributed by atoms with E-state index in [9.17, 15) is 14.7 Å². The molecule has 2 fully saturated rings. The molecule has 0 spiro atoms. The fourth-order valence-electron chi connectivity index (χ4n) is 4.39. The van der Waals surface area contributed by atoms with Gasteiger partial charge in [-0.25, -0.2) is 4.79 Å². The summed E-state index contributed by atoms with van der Waals surface area (Å²) in [7, 11) is -1.91. The summed E-state index contributed by atoms with van der Waals surface area (Å²) >= 11 is 0. The van der Waals surface area contributed by atoms with Gasteiger partial charge in [-0.1, -0.05) is 20.8 Å². The Hall–Kier alpha value is -1.12. The zero-order valence-corrected chi connectivity index (χ0v) is 20.8. The summed E-state index contributed by atoms with van der Waals surface area (Å²) in [5.74, 6) is 0.366. The molecule has 0 aromatic heterocycles. The Morgan fingerprint density at radius 2 is 1.83 bits per heavy atom. The molecule has 174 valence electrons. The topological polar surface area (TPSA) is 79.3 Å². The molecule has 0 aromatic rings. The van der Waals surface area contributed by atoms with Gasteiger partial charge in [-0.2, -0.15) is 0 Å². The van der Waals surface area contributed by atoms with E-state index in [1.54, 1.807) is 0 Å². The van der Waals surface area contributed by atoms with Crippen molar-refractivity contribution in [3.8, 4) is 0 Å². The van der Waals surface area contributed by atoms with Gasteiger partial charge >= 0.3 is 12.1 Å². The van der Waals surface area contributed by atoms with Gasteiger partial charge in [-0.3, -0.25) is 9.69 Å². The van der Waals surface area contributed by atoms with E-state index in [1.165, 1.54) is 4.90 Å². The third-order valence-corrected chi connectivity index (χ3v) is 11.7. The summed E-state index contributed by atoms with van der Waals surface area (Å²) in [5.41, 5.74) is 0. The van der Waals surface area contributed by atoms with Gasteiger partial charge in [0.15, 0.2) is 8.32 Å². The maximum atomic E-state index is 12.0. The van der Waals surface area contributed by atoms with Crippen molar-refractivity contribution in [1.82, 2.24) is 9.80 Å². The Kier molecular flexibility index (Phi) is 8.77. The minimum Gasteiger partial charge on any atom is -0.466 e. The van der Waals surface area contributed by atoms with Crippen molar-refractivity contribution >= 4 is 20.4 Å². The Balaban J connectivity index is 2.07. The van der Waals surface area contributed by atoms with Crippen LogP contribution in [0.3, 0.4) is 0 Å². The zero-order valence-electron chi connectivity index (χ0n) is 19.8. The van der Waals surface area contributed by atoms with Crippen LogP contribution in [0.15, 0.2) is 0 Å². The van der Waals surface area contributed by atoms with Crippen LogP contribution in [-0.4, -0.2) is 80.7 Å². The van der Waals surface area contributed by atoms with Gasteiger partial charge < -0.3 is 19.2 Å². The highest BCUT2D eigenvalue weighted by molar-refractivity contribution is 6.74. The molecule has 0 bridgehead atoms. The molecule has 2 heterocycles. The number of amides is 1. The summed E-state index contributed by atoms with van der Waals surface area (Å²) < 4.78 is 11.7. The highest BCUT2D eigenvalue weighted by Gasteiger charge is 2.41. The largest absolute Gasteiger partial charge is 0.466 e. The molecule has 8 heteroatoms. The summed E-state index contributed by atoms with van der Waals surface area (Å²) in [5, 5.41) is 9.65. The number of hydrogen-bond donors (Lipinski definition) is 1. The van der Waals surface area contributed by atoms with Crippen LogP contribution >= 0.6 is 0 Å². The SMILES string of the molecule is CCOC(=O)C[C@@H]1CCCN(C2CCN(C(=O)O)CC2CO[Si](C)(C)C(C)(C)C)C1. The fraction of sp³-hybridized carbons (Fsp3) is 0.909. The lowest BCUT2D eigenvalue weighted by molar-refractivity contribution is -0.144. The van der Waals surface area contributed by atoms with E-state index in [-0.39, 0.29) is 16.9 Å². The molecule has 2 saturated heterocycles. The summed E-state index contributed by atoms with van der Waals surface area (Å²) in [6, 6.07) is 0.301. The van der Waals surface area contributed by atoms with Crippen molar-refractivity contribution in [2.75, 3.05) is 39.4 Å². The van der Waals surface area contributed by atoms with Gasteiger partial charge in [0, 0.05) is 44.6 Å². The maximum Gasteiger partial charge on any atom is 0.407 e. The van der Waals surface area contributed by atoms with Gasteiger partial charge in [0.25, 0.3) is 0 Å². The third kappa shape index (κ3) is 6.69. The highest BCUT2D eigenvalue weighted by Crippen LogP contribution is 2.38. The molecule has 2 aliphatic heterocycles. The molecule has 2 unspecified atom stereocenters. The number of nitrogens with zero attached hydrogens (tertiary/aromatic N) is 2. The number of ether oxygens (including phenoxy) is 1. The van der Waals surface area contributed by atoms with E-state index in [1.807, 2.05) is 6.92 Å². The van der Waals surface area contributed by atoms with Crippen LogP contribution in [0.4, 0.5) is 4.79 Å². The lowest BCUT2D eigenvalue weighted by Gasteiger charge is -2.47. The van der Waals surface area contributed by atoms with Crippen LogP contribution < -0.4 is 0 Å². The molecular weight excluding hydrogens is 400 g/mol. The van der Waals surface area contributed by atoms with Crippen LogP contribution in [0.2, 0.25) is 18.1 Å². The van der Waals surface area contributed by atoms with E-state index in [0.717, 1.165) is 32.4 Å². The molecular formula is C22H42N2O5Si. The van der Waals surface area contributed by atoms with Gasteiger partial charge in [0.2, 0.25) is 0 Å². The predicted molar refractivity (Wildman–Crippen MR) is 120 cm³/mol. The maximum absolute atomic E-state index is 12.0. The molecule has 1 N–H and O–H groups in total. The van der Waals surface area contributed by atoms with Crippen molar-refractivity contribution in [3.63, 3.8) is 0 Å². The zero-order chi connectivity index (χ0) is 22.5. The van der Waals surface area contributed by atoms with Crippen molar-refractivity contribution in [3.05, 3.63) is 0 Å². The molecule has 0 aliphatic carbocycles. The van der Waals surface area contributed by atoms with Crippen LogP contribution in [-0.2, 0) is 14.0 Å². The highest BCUT2D eigenvalue weighted by atomic mass is 28.4. The molecule has 0 aromatic carbocycles. The Morgan fingerprint density at radius 1 is 1.13 bits per heavy atom. The second kappa shape index (κ2) is 10.5. The second-order valence-corrected chi connectivity index (χ2v) is 15.2. The van der Waals surface area contributed by atoms with Gasteiger partial charge in [-0.15, -0.1) is 0 Å². The summed E-state index contributed by atoms with van der Waals surface area (Å²) in [4.78, 5) is 27.6. The van der Waals surface area contributed by atoms with E-state index in [4.69, 9.17) is 9.16 Å². The number of carboxylic acid groups (broad SMARTS) is 1. The Morgan fingerprint density at radius 3 is 2.43 bits per heavy atom. The van der Waals surface area contributed by atoms with Crippen molar-refractivity contribution < 1.29 is 23.9 Å². The summed E-state index contributed by atoms with van der Waals surface area (Å²) in [6.45, 7) is 17.0. The first-order valence-electron chi connectivity index (χ1n) is 11.5. The first kappa shape index (κ1) is 25.1. The molecule has 7 nitrogen and oxygen atoms in total. The third-order valence-electron chi connectivity index (χ3n) is 7.21. The van der Waals surface area contributed by atoms with E-state index in [0.29, 0.717) is 44.7 Å². The normalized spacial score (nSPS) is 26.5. The number of carbonyl (C=O) groups is 2. The van der Waals surface area contributed by atoms with E-state index >= 15 is 0 Å². The lowest BCUT2D eigenvalue weighted by atomic mass is 9.87. The van der Waals surface area contributed by atoms with Crippen molar-refractivity contribution in [2.24, 2.45) is 11.8 Å². The van der Waals surface area contributed by atoms with Crippen LogP contribution in [0.25, 0.3) is 0 Å². The van der Waals surface area contributed by atoms with Gasteiger partial charge in [0.05, 0.1) is 6.61 Å². The first-order valence-corrected chi connectivity index (χ1v) is 14.4. The minimum atomic E-state index is -1.91. The first-order chi connectivity index (χ1) is 13.9. The average Bonchev–Trinajstić information content (AvgIpc) is 2.65. The molecule has 0 saturated carbocycles. The quantitative estimate of drug-likeness (QED) is 0.473. The van der Waals surface area contributed by atoms with Crippen LogP contribution in [0.1, 0.15) is 53.4 Å².